The van der Waals surface area contributed by atoms with Gasteiger partial charge in [-0.1, -0.05) is 0 Å². The molecule has 6 nitrogen and oxygen atoms in total. The van der Waals surface area contributed by atoms with Crippen molar-refractivity contribution >= 4 is 5.91 Å². The first-order chi connectivity index (χ1) is 10.2. The quantitative estimate of drug-likeness (QED) is 0.866. The molecule has 2 aromatic rings. The first-order valence-corrected chi connectivity index (χ1v) is 6.95. The van der Waals surface area contributed by atoms with Crippen molar-refractivity contribution in [2.45, 2.75) is 13.0 Å². The number of nitrogens with one attached hydrogen (secondary N) is 2. The van der Waals surface area contributed by atoms with Gasteiger partial charge in [0, 0.05) is 25.7 Å². The molecule has 1 saturated heterocycles. The van der Waals surface area contributed by atoms with Crippen LogP contribution in [-0.2, 0) is 0 Å². The summed E-state index contributed by atoms with van der Waals surface area (Å²) in [5, 5.41) is 3.22. The zero-order valence-corrected chi connectivity index (χ0v) is 11.8. The summed E-state index contributed by atoms with van der Waals surface area (Å²) in [6.07, 6.45) is 1.54. The van der Waals surface area contributed by atoms with Crippen molar-refractivity contribution in [2.24, 2.45) is 0 Å². The first-order valence-electron chi connectivity index (χ1n) is 6.95. The summed E-state index contributed by atoms with van der Waals surface area (Å²) in [5.74, 6) is 0.345. The number of piperazine rings is 1. The maximum Gasteiger partial charge on any atom is 0.261 e. The second kappa shape index (κ2) is 5.57. The molecule has 0 bridgehead atoms. The predicted molar refractivity (Wildman–Crippen MR) is 78.1 cm³/mol. The summed E-state index contributed by atoms with van der Waals surface area (Å²) in [6, 6.07) is 6.84. The van der Waals surface area contributed by atoms with Crippen LogP contribution < -0.4 is 10.9 Å². The van der Waals surface area contributed by atoms with Crippen LogP contribution in [0.25, 0.3) is 11.5 Å². The van der Waals surface area contributed by atoms with E-state index in [0.717, 1.165) is 13.1 Å². The monoisotopic (exact) mass is 287 g/mol. The number of H-pyrrole nitrogens is 1. The molecule has 0 saturated carbocycles. The van der Waals surface area contributed by atoms with E-state index in [2.05, 4.69) is 10.3 Å². The van der Waals surface area contributed by atoms with E-state index >= 15 is 0 Å². The maximum absolute atomic E-state index is 12.5. The summed E-state index contributed by atoms with van der Waals surface area (Å²) >= 11 is 0. The lowest BCUT2D eigenvalue weighted by molar-refractivity contribution is 0.0654. The van der Waals surface area contributed by atoms with Gasteiger partial charge in [0.1, 0.15) is 11.3 Å². The summed E-state index contributed by atoms with van der Waals surface area (Å²) in [7, 11) is 0. The molecule has 3 heterocycles. The number of carbonyl (C=O) groups is 1. The van der Waals surface area contributed by atoms with Crippen molar-refractivity contribution in [2.75, 3.05) is 19.6 Å². The van der Waals surface area contributed by atoms with Crippen LogP contribution in [0.1, 0.15) is 17.3 Å². The Balaban J connectivity index is 1.89. The summed E-state index contributed by atoms with van der Waals surface area (Å²) < 4.78 is 5.23. The van der Waals surface area contributed by atoms with Crippen LogP contribution >= 0.6 is 0 Å². The molecule has 21 heavy (non-hydrogen) atoms. The van der Waals surface area contributed by atoms with Crippen LogP contribution in [0.2, 0.25) is 0 Å². The molecule has 0 spiro atoms. The largest absolute Gasteiger partial charge is 0.463 e. The molecule has 1 aliphatic heterocycles. The van der Waals surface area contributed by atoms with Gasteiger partial charge in [0.15, 0.2) is 0 Å². The minimum atomic E-state index is -0.389. The molecule has 0 aromatic carbocycles. The number of rotatable bonds is 2. The van der Waals surface area contributed by atoms with E-state index in [1.54, 1.807) is 29.2 Å². The third-order valence-corrected chi connectivity index (χ3v) is 3.69. The highest BCUT2D eigenvalue weighted by Crippen LogP contribution is 2.16. The van der Waals surface area contributed by atoms with E-state index < -0.39 is 0 Å². The number of hydrogen-bond acceptors (Lipinski definition) is 4. The molecule has 1 aliphatic rings. The first kappa shape index (κ1) is 13.6. The van der Waals surface area contributed by atoms with E-state index in [1.165, 1.54) is 6.26 Å². The Hall–Kier alpha value is -2.34. The summed E-state index contributed by atoms with van der Waals surface area (Å²) in [6.45, 7) is 4.07. The Morgan fingerprint density at radius 2 is 2.24 bits per heavy atom. The number of nitrogens with zero attached hydrogens (tertiary/aromatic N) is 1. The lowest BCUT2D eigenvalue weighted by atomic mass is 10.1. The van der Waals surface area contributed by atoms with Gasteiger partial charge in [-0.25, -0.2) is 0 Å². The fourth-order valence-corrected chi connectivity index (χ4v) is 2.52. The lowest BCUT2D eigenvalue weighted by Gasteiger charge is -2.33. The van der Waals surface area contributed by atoms with Crippen molar-refractivity contribution in [3.8, 4) is 11.5 Å². The van der Waals surface area contributed by atoms with Crippen LogP contribution in [0.3, 0.4) is 0 Å². The number of carbonyl (C=O) groups excluding carboxylic acids is 1. The fourth-order valence-electron chi connectivity index (χ4n) is 2.52. The Morgan fingerprint density at radius 1 is 1.38 bits per heavy atom. The predicted octanol–water partition coefficient (Wildman–Crippen LogP) is 1.07. The Bertz CT molecular complexity index is 690. The van der Waals surface area contributed by atoms with Gasteiger partial charge in [-0.05, 0) is 31.2 Å². The molecule has 1 amide bonds. The third kappa shape index (κ3) is 2.62. The fraction of sp³-hybridized carbons (Fsp3) is 0.333. The Labute approximate surface area is 121 Å². The molecule has 0 radical (unpaired) electrons. The second-order valence-corrected chi connectivity index (χ2v) is 5.14. The van der Waals surface area contributed by atoms with Crippen molar-refractivity contribution in [3.63, 3.8) is 0 Å². The van der Waals surface area contributed by atoms with Gasteiger partial charge in [0.05, 0.1) is 12.0 Å². The van der Waals surface area contributed by atoms with Gasteiger partial charge < -0.3 is 19.6 Å². The number of amides is 1. The van der Waals surface area contributed by atoms with Crippen molar-refractivity contribution < 1.29 is 9.21 Å². The third-order valence-electron chi connectivity index (χ3n) is 3.69. The van der Waals surface area contributed by atoms with Gasteiger partial charge in [-0.2, -0.15) is 0 Å². The number of furan rings is 1. The van der Waals surface area contributed by atoms with Crippen LogP contribution in [0.15, 0.2) is 39.7 Å². The summed E-state index contributed by atoms with van der Waals surface area (Å²) in [4.78, 5) is 29.1. The molecular weight excluding hydrogens is 270 g/mol. The van der Waals surface area contributed by atoms with Gasteiger partial charge in [-0.15, -0.1) is 0 Å². The Kier molecular flexibility index (Phi) is 3.62. The van der Waals surface area contributed by atoms with Gasteiger partial charge in [-0.3, -0.25) is 9.59 Å². The van der Waals surface area contributed by atoms with Crippen LogP contribution in [0, 0.1) is 0 Å². The van der Waals surface area contributed by atoms with Crippen molar-refractivity contribution in [3.05, 3.63) is 46.4 Å². The van der Waals surface area contributed by atoms with Gasteiger partial charge >= 0.3 is 0 Å². The van der Waals surface area contributed by atoms with E-state index in [-0.39, 0.29) is 23.1 Å². The number of aromatic amines is 1. The Morgan fingerprint density at radius 3 is 2.90 bits per heavy atom. The standard InChI is InChI=1S/C15H17N3O3/c1-10-9-16-6-7-18(10)15(20)11-4-5-12(17-14(11)19)13-3-2-8-21-13/h2-5,8,10,16H,6-7,9H2,1H3,(H,17,19)/t10-/m0/s1. The van der Waals surface area contributed by atoms with E-state index in [0.29, 0.717) is 18.0 Å². The van der Waals surface area contributed by atoms with E-state index in [1.807, 2.05) is 6.92 Å². The topological polar surface area (TPSA) is 78.3 Å². The SMILES string of the molecule is C[C@H]1CNCCN1C(=O)c1ccc(-c2ccco2)[nH]c1=O. The van der Waals surface area contributed by atoms with Crippen LogP contribution in [0.5, 0.6) is 0 Å². The molecular formula is C15H17N3O3. The zero-order valence-electron chi connectivity index (χ0n) is 11.8. The maximum atomic E-state index is 12.5. The number of pyridine rings is 1. The molecule has 3 rings (SSSR count). The van der Waals surface area contributed by atoms with E-state index in [4.69, 9.17) is 4.42 Å². The number of aromatic nitrogens is 1. The average molecular weight is 287 g/mol. The summed E-state index contributed by atoms with van der Waals surface area (Å²) in [5.41, 5.74) is 0.341. The van der Waals surface area contributed by atoms with Crippen LogP contribution in [-0.4, -0.2) is 41.5 Å². The second-order valence-electron chi connectivity index (χ2n) is 5.14. The minimum absolute atomic E-state index is 0.0791. The number of hydrogen-bond donors (Lipinski definition) is 2. The lowest BCUT2D eigenvalue weighted by Crippen LogP contribution is -2.53. The normalized spacial score (nSPS) is 18.7. The molecule has 0 unspecified atom stereocenters. The molecule has 110 valence electrons. The smallest absolute Gasteiger partial charge is 0.261 e. The van der Waals surface area contributed by atoms with Crippen molar-refractivity contribution in [1.29, 1.82) is 0 Å². The highest BCUT2D eigenvalue weighted by atomic mass is 16.3. The van der Waals surface area contributed by atoms with Gasteiger partial charge in [0.2, 0.25) is 0 Å². The van der Waals surface area contributed by atoms with Crippen molar-refractivity contribution in [1.82, 2.24) is 15.2 Å². The van der Waals surface area contributed by atoms with Crippen LogP contribution in [0.4, 0.5) is 0 Å². The average Bonchev–Trinajstić information content (AvgIpc) is 3.01. The molecule has 1 atom stereocenters. The van der Waals surface area contributed by atoms with E-state index in [9.17, 15) is 9.59 Å². The molecule has 1 fully saturated rings. The molecule has 2 N–H and O–H groups in total. The molecule has 6 heteroatoms. The highest BCUT2D eigenvalue weighted by Gasteiger charge is 2.25. The zero-order chi connectivity index (χ0) is 14.8. The van der Waals surface area contributed by atoms with Gasteiger partial charge in [0.25, 0.3) is 11.5 Å². The highest BCUT2D eigenvalue weighted by molar-refractivity contribution is 5.94. The minimum Gasteiger partial charge on any atom is -0.463 e. The molecule has 0 aliphatic carbocycles. The molecule has 2 aromatic heterocycles.